The maximum atomic E-state index is 10.0. The van der Waals surface area contributed by atoms with E-state index in [1.54, 1.807) is 6.20 Å². The summed E-state index contributed by atoms with van der Waals surface area (Å²) in [5, 5.41) is 10.0. The third-order valence-electron chi connectivity index (χ3n) is 3.91. The summed E-state index contributed by atoms with van der Waals surface area (Å²) < 4.78 is 5.95. The van der Waals surface area contributed by atoms with Crippen LogP contribution in [0.3, 0.4) is 0 Å². The van der Waals surface area contributed by atoms with E-state index in [1.807, 2.05) is 37.3 Å². The summed E-state index contributed by atoms with van der Waals surface area (Å²) in [6.45, 7) is 2.51. The van der Waals surface area contributed by atoms with Crippen LogP contribution in [-0.4, -0.2) is 10.1 Å². The van der Waals surface area contributed by atoms with Gasteiger partial charge in [0, 0.05) is 6.20 Å². The van der Waals surface area contributed by atoms with Gasteiger partial charge in [0.25, 0.3) is 0 Å². The maximum Gasteiger partial charge on any atom is 0.130 e. The first-order chi connectivity index (χ1) is 9.75. The molecule has 3 heteroatoms. The number of nitrogens with zero attached hydrogens (tertiary/aromatic N) is 1. The Balaban J connectivity index is 1.82. The van der Waals surface area contributed by atoms with Gasteiger partial charge in [-0.05, 0) is 55.0 Å². The highest BCUT2D eigenvalue weighted by molar-refractivity contribution is 5.43. The third kappa shape index (κ3) is 2.54. The number of pyridine rings is 1. The Bertz CT molecular complexity index is 610. The van der Waals surface area contributed by atoms with Crippen molar-refractivity contribution >= 4 is 0 Å². The van der Waals surface area contributed by atoms with Crippen LogP contribution in [-0.2, 0) is 13.0 Å². The summed E-state index contributed by atoms with van der Waals surface area (Å²) in [6.07, 6.45) is 4.27. The van der Waals surface area contributed by atoms with E-state index in [-0.39, 0.29) is 6.10 Å². The molecule has 20 heavy (non-hydrogen) atoms. The molecule has 0 radical (unpaired) electrons. The Kier molecular flexibility index (Phi) is 3.70. The van der Waals surface area contributed by atoms with Crippen LogP contribution in [0.1, 0.15) is 41.3 Å². The van der Waals surface area contributed by atoms with Crippen LogP contribution < -0.4 is 4.74 Å². The summed E-state index contributed by atoms with van der Waals surface area (Å²) in [6, 6.07) is 9.90. The van der Waals surface area contributed by atoms with Gasteiger partial charge in [-0.25, -0.2) is 0 Å². The number of aliphatic hydroxyl groups excluding tert-OH is 1. The van der Waals surface area contributed by atoms with Gasteiger partial charge in [0.2, 0.25) is 0 Å². The number of aliphatic hydroxyl groups is 1. The van der Waals surface area contributed by atoms with Crippen LogP contribution in [0, 0.1) is 6.92 Å². The van der Waals surface area contributed by atoms with Crippen LogP contribution >= 0.6 is 0 Å². The minimum absolute atomic E-state index is 0.348. The van der Waals surface area contributed by atoms with E-state index in [9.17, 15) is 5.11 Å². The van der Waals surface area contributed by atoms with Gasteiger partial charge in [0.15, 0.2) is 0 Å². The van der Waals surface area contributed by atoms with Crippen LogP contribution in [0.2, 0.25) is 0 Å². The lowest BCUT2D eigenvalue weighted by molar-refractivity contribution is 0.155. The second-order valence-corrected chi connectivity index (χ2v) is 5.29. The summed E-state index contributed by atoms with van der Waals surface area (Å²) in [5.41, 5.74) is 4.27. The van der Waals surface area contributed by atoms with Gasteiger partial charge in [0.1, 0.15) is 12.4 Å². The van der Waals surface area contributed by atoms with E-state index in [1.165, 1.54) is 0 Å². The van der Waals surface area contributed by atoms with Crippen molar-refractivity contribution in [3.63, 3.8) is 0 Å². The molecule has 0 saturated heterocycles. The van der Waals surface area contributed by atoms with Crippen molar-refractivity contribution in [2.45, 2.75) is 38.9 Å². The zero-order valence-corrected chi connectivity index (χ0v) is 11.7. The fourth-order valence-electron chi connectivity index (χ4n) is 2.74. The molecular weight excluding hydrogens is 250 g/mol. The highest BCUT2D eigenvalue weighted by Crippen LogP contribution is 2.35. The number of hydrogen-bond acceptors (Lipinski definition) is 3. The van der Waals surface area contributed by atoms with Gasteiger partial charge in [0.05, 0.1) is 11.8 Å². The second-order valence-electron chi connectivity index (χ2n) is 5.29. The SMILES string of the molecule is Cc1cccnc1COc1cccc2c1CCCC2O. The maximum absolute atomic E-state index is 10.0. The van der Waals surface area contributed by atoms with Crippen molar-refractivity contribution in [2.75, 3.05) is 0 Å². The molecule has 3 rings (SSSR count). The molecule has 0 spiro atoms. The van der Waals surface area contributed by atoms with Crippen LogP contribution in [0.15, 0.2) is 36.5 Å². The Morgan fingerprint density at radius 1 is 1.30 bits per heavy atom. The van der Waals surface area contributed by atoms with Crippen LogP contribution in [0.25, 0.3) is 0 Å². The van der Waals surface area contributed by atoms with Crippen molar-refractivity contribution in [3.8, 4) is 5.75 Å². The summed E-state index contributed by atoms with van der Waals surface area (Å²) in [7, 11) is 0. The zero-order chi connectivity index (χ0) is 13.9. The molecule has 1 unspecified atom stereocenters. The highest BCUT2D eigenvalue weighted by atomic mass is 16.5. The van der Waals surface area contributed by atoms with Crippen molar-refractivity contribution < 1.29 is 9.84 Å². The standard InChI is InChI=1S/C17H19NO2/c1-12-5-4-10-18-15(12)11-20-17-9-3-6-13-14(17)7-2-8-16(13)19/h3-6,9-10,16,19H,2,7-8,11H2,1H3. The lowest BCUT2D eigenvalue weighted by Crippen LogP contribution is -2.11. The number of rotatable bonds is 3. The monoisotopic (exact) mass is 269 g/mol. The zero-order valence-electron chi connectivity index (χ0n) is 11.7. The molecule has 1 aliphatic rings. The molecule has 1 atom stereocenters. The van der Waals surface area contributed by atoms with Crippen LogP contribution in [0.4, 0.5) is 0 Å². The fourth-order valence-corrected chi connectivity index (χ4v) is 2.74. The molecule has 0 amide bonds. The number of fused-ring (bicyclic) bond motifs is 1. The van der Waals surface area contributed by atoms with E-state index in [0.717, 1.165) is 47.4 Å². The van der Waals surface area contributed by atoms with Crippen LogP contribution in [0.5, 0.6) is 5.75 Å². The lowest BCUT2D eigenvalue weighted by atomic mass is 9.89. The van der Waals surface area contributed by atoms with Gasteiger partial charge in [-0.15, -0.1) is 0 Å². The molecule has 104 valence electrons. The average molecular weight is 269 g/mol. The smallest absolute Gasteiger partial charge is 0.130 e. The predicted molar refractivity (Wildman–Crippen MR) is 77.6 cm³/mol. The predicted octanol–water partition coefficient (Wildman–Crippen LogP) is 3.34. The first kappa shape index (κ1) is 13.1. The number of aromatic nitrogens is 1. The van der Waals surface area contributed by atoms with E-state index >= 15 is 0 Å². The van der Waals surface area contributed by atoms with Gasteiger partial charge >= 0.3 is 0 Å². The quantitative estimate of drug-likeness (QED) is 0.929. The second kappa shape index (κ2) is 5.63. The van der Waals surface area contributed by atoms with Gasteiger partial charge in [-0.3, -0.25) is 4.98 Å². The number of ether oxygens (including phenoxy) is 1. The summed E-state index contributed by atoms with van der Waals surface area (Å²) in [4.78, 5) is 4.35. The Labute approximate surface area is 119 Å². The molecule has 1 aliphatic carbocycles. The molecule has 0 bridgehead atoms. The van der Waals surface area contributed by atoms with E-state index in [0.29, 0.717) is 6.61 Å². The Hall–Kier alpha value is -1.87. The first-order valence-electron chi connectivity index (χ1n) is 7.09. The topological polar surface area (TPSA) is 42.4 Å². The molecule has 0 saturated carbocycles. The minimum Gasteiger partial charge on any atom is -0.487 e. The molecule has 1 aromatic heterocycles. The fraction of sp³-hybridized carbons (Fsp3) is 0.353. The molecule has 0 fully saturated rings. The molecule has 1 N–H and O–H groups in total. The molecule has 0 aliphatic heterocycles. The van der Waals surface area contributed by atoms with Crippen molar-refractivity contribution in [1.29, 1.82) is 0 Å². The third-order valence-corrected chi connectivity index (χ3v) is 3.91. The minimum atomic E-state index is -0.348. The van der Waals surface area contributed by atoms with Crippen molar-refractivity contribution in [2.24, 2.45) is 0 Å². The van der Waals surface area contributed by atoms with E-state index in [4.69, 9.17) is 4.74 Å². The Morgan fingerprint density at radius 3 is 3.05 bits per heavy atom. The average Bonchev–Trinajstić information content (AvgIpc) is 2.47. The van der Waals surface area contributed by atoms with Gasteiger partial charge in [-0.2, -0.15) is 0 Å². The summed E-state index contributed by atoms with van der Waals surface area (Å²) in [5.74, 6) is 0.881. The molecule has 3 nitrogen and oxygen atoms in total. The van der Waals surface area contributed by atoms with Crippen molar-refractivity contribution in [3.05, 3.63) is 58.9 Å². The molecule has 1 heterocycles. The largest absolute Gasteiger partial charge is 0.487 e. The van der Waals surface area contributed by atoms with Gasteiger partial charge < -0.3 is 9.84 Å². The number of hydrogen-bond donors (Lipinski definition) is 1. The van der Waals surface area contributed by atoms with E-state index in [2.05, 4.69) is 4.98 Å². The Morgan fingerprint density at radius 2 is 2.20 bits per heavy atom. The number of aryl methyl sites for hydroxylation is 1. The highest BCUT2D eigenvalue weighted by Gasteiger charge is 2.20. The van der Waals surface area contributed by atoms with Gasteiger partial charge in [-0.1, -0.05) is 18.2 Å². The lowest BCUT2D eigenvalue weighted by Gasteiger charge is -2.23. The normalized spacial score (nSPS) is 17.6. The summed E-state index contributed by atoms with van der Waals surface area (Å²) >= 11 is 0. The molecule has 1 aromatic carbocycles. The number of benzene rings is 1. The molecular formula is C17H19NO2. The molecule has 2 aromatic rings. The van der Waals surface area contributed by atoms with Crippen molar-refractivity contribution in [1.82, 2.24) is 4.98 Å². The first-order valence-corrected chi connectivity index (χ1v) is 7.09. The van der Waals surface area contributed by atoms with E-state index < -0.39 is 0 Å².